The molecular formula is C23H22F3N3O5S. The van der Waals surface area contributed by atoms with Crippen molar-refractivity contribution in [1.29, 1.82) is 0 Å². The topological polar surface area (TPSA) is 90.7 Å². The number of hydrogen-bond donors (Lipinski definition) is 0. The highest BCUT2D eigenvalue weighted by atomic mass is 32.2. The highest BCUT2D eigenvalue weighted by Crippen LogP contribution is 2.34. The van der Waals surface area contributed by atoms with Crippen molar-refractivity contribution in [3.05, 3.63) is 77.4 Å². The van der Waals surface area contributed by atoms with Crippen LogP contribution in [0, 0.1) is 0 Å². The third-order valence-corrected chi connectivity index (χ3v) is 7.68. The van der Waals surface area contributed by atoms with E-state index in [0.29, 0.717) is 29.7 Å². The fraction of sp³-hybridized carbons (Fsp3) is 0.304. The average molecular weight is 510 g/mol. The van der Waals surface area contributed by atoms with Gasteiger partial charge in [-0.15, -0.1) is 0 Å². The molecule has 0 saturated heterocycles. The van der Waals surface area contributed by atoms with E-state index in [2.05, 4.69) is 4.98 Å². The summed E-state index contributed by atoms with van der Waals surface area (Å²) in [6.07, 6.45) is -3.25. The van der Waals surface area contributed by atoms with Gasteiger partial charge in [-0.05, 0) is 35.9 Å². The molecule has 186 valence electrons. The van der Waals surface area contributed by atoms with Gasteiger partial charge in [0.05, 0.1) is 48.9 Å². The third-order valence-electron chi connectivity index (χ3n) is 5.83. The first-order valence-electron chi connectivity index (χ1n) is 10.5. The molecule has 2 aromatic carbocycles. The molecule has 0 N–H and O–H groups in total. The number of aromatic nitrogens is 2. The van der Waals surface area contributed by atoms with Gasteiger partial charge in [-0.2, -0.15) is 17.5 Å². The van der Waals surface area contributed by atoms with Crippen LogP contribution in [0.1, 0.15) is 22.5 Å². The van der Waals surface area contributed by atoms with Crippen LogP contribution in [0.4, 0.5) is 13.2 Å². The normalized spacial score (nSPS) is 16.5. The zero-order valence-corrected chi connectivity index (χ0v) is 19.6. The molecule has 4 rings (SSSR count). The van der Waals surface area contributed by atoms with Crippen LogP contribution in [0.3, 0.4) is 0 Å². The van der Waals surface area contributed by atoms with Crippen LogP contribution < -0.4 is 4.74 Å². The molecular weight excluding hydrogens is 487 g/mol. The fourth-order valence-electron chi connectivity index (χ4n) is 3.97. The Morgan fingerprint density at radius 2 is 1.86 bits per heavy atom. The Hall–Kier alpha value is -3.38. The molecule has 0 bridgehead atoms. The molecule has 0 amide bonds. The van der Waals surface area contributed by atoms with E-state index >= 15 is 0 Å². The van der Waals surface area contributed by atoms with Crippen molar-refractivity contribution in [3.8, 4) is 5.75 Å². The summed E-state index contributed by atoms with van der Waals surface area (Å²) in [7, 11) is -1.82. The Labute approximate surface area is 200 Å². The lowest BCUT2D eigenvalue weighted by Crippen LogP contribution is -2.49. The van der Waals surface area contributed by atoms with Crippen LogP contribution in [0.25, 0.3) is 0 Å². The van der Waals surface area contributed by atoms with E-state index in [1.165, 1.54) is 0 Å². The number of benzene rings is 2. The Balaban J connectivity index is 1.71. The molecule has 0 fully saturated rings. The largest absolute Gasteiger partial charge is 0.497 e. The van der Waals surface area contributed by atoms with Crippen molar-refractivity contribution in [3.63, 3.8) is 0 Å². The second-order valence-electron chi connectivity index (χ2n) is 7.93. The van der Waals surface area contributed by atoms with Crippen LogP contribution in [-0.2, 0) is 45.2 Å². The molecule has 1 atom stereocenters. The van der Waals surface area contributed by atoms with Gasteiger partial charge >= 0.3 is 12.1 Å². The Bertz CT molecular complexity index is 1340. The predicted octanol–water partition coefficient (Wildman–Crippen LogP) is 3.25. The second kappa shape index (κ2) is 9.34. The van der Waals surface area contributed by atoms with Gasteiger partial charge < -0.3 is 14.0 Å². The van der Waals surface area contributed by atoms with Gasteiger partial charge in [0.25, 0.3) is 0 Å². The maximum absolute atomic E-state index is 13.5. The van der Waals surface area contributed by atoms with E-state index in [1.54, 1.807) is 30.1 Å². The molecule has 0 unspecified atom stereocenters. The monoisotopic (exact) mass is 509 g/mol. The molecule has 3 aromatic rings. The first-order chi connectivity index (χ1) is 16.5. The van der Waals surface area contributed by atoms with Crippen LogP contribution in [0.2, 0.25) is 0 Å². The number of nitrogens with zero attached hydrogens (tertiary/aromatic N) is 3. The van der Waals surface area contributed by atoms with Gasteiger partial charge in [0.1, 0.15) is 11.8 Å². The van der Waals surface area contributed by atoms with Gasteiger partial charge in [0.2, 0.25) is 10.0 Å². The minimum absolute atomic E-state index is 0.0736. The number of alkyl halides is 3. The van der Waals surface area contributed by atoms with Gasteiger partial charge in [0.15, 0.2) is 0 Å². The Morgan fingerprint density at radius 1 is 1.14 bits per heavy atom. The summed E-state index contributed by atoms with van der Waals surface area (Å²) in [5.74, 6) is -0.142. The van der Waals surface area contributed by atoms with E-state index in [0.717, 1.165) is 35.2 Å². The number of rotatable bonds is 6. The van der Waals surface area contributed by atoms with Crippen molar-refractivity contribution < 1.29 is 35.9 Å². The van der Waals surface area contributed by atoms with Crippen LogP contribution in [-0.4, -0.2) is 48.5 Å². The summed E-state index contributed by atoms with van der Waals surface area (Å²) in [6, 6.07) is 9.45. The standard InChI is InChI=1S/C23H22F3N3O5S/c1-33-17-8-6-15(7-9-17)12-28-14-27-19-11-20(22(30)34-2)29(13-21(19)28)35(31,32)18-5-3-4-16(10-18)23(24,25)26/h3-10,14,20H,11-13H2,1-2H3/t20-/m0/s1. The van der Waals surface area contributed by atoms with Gasteiger partial charge in [-0.3, -0.25) is 4.79 Å². The zero-order chi connectivity index (χ0) is 25.4. The number of halogens is 3. The molecule has 35 heavy (non-hydrogen) atoms. The number of ether oxygens (including phenoxy) is 2. The van der Waals surface area contributed by atoms with Gasteiger partial charge in [-0.25, -0.2) is 13.4 Å². The van der Waals surface area contributed by atoms with E-state index < -0.39 is 38.7 Å². The van der Waals surface area contributed by atoms with E-state index in [1.807, 2.05) is 12.1 Å². The molecule has 0 radical (unpaired) electrons. The van der Waals surface area contributed by atoms with Crippen LogP contribution in [0.15, 0.2) is 59.8 Å². The summed E-state index contributed by atoms with van der Waals surface area (Å²) in [5.41, 5.74) is 0.852. The first kappa shape index (κ1) is 24.7. The number of carbonyl (C=O) groups excluding carboxylic acids is 1. The quantitative estimate of drug-likeness (QED) is 0.474. The highest BCUT2D eigenvalue weighted by molar-refractivity contribution is 7.89. The minimum atomic E-state index is -4.72. The van der Waals surface area contributed by atoms with Gasteiger partial charge in [-0.1, -0.05) is 18.2 Å². The van der Waals surface area contributed by atoms with E-state index in [4.69, 9.17) is 9.47 Å². The van der Waals surface area contributed by atoms with Crippen molar-refractivity contribution in [2.45, 2.75) is 36.6 Å². The average Bonchev–Trinajstić information content (AvgIpc) is 3.24. The van der Waals surface area contributed by atoms with E-state index in [-0.39, 0.29) is 13.0 Å². The molecule has 12 heteroatoms. The lowest BCUT2D eigenvalue weighted by Gasteiger charge is -2.33. The lowest BCUT2D eigenvalue weighted by molar-refractivity contribution is -0.145. The first-order valence-corrected chi connectivity index (χ1v) is 11.9. The maximum Gasteiger partial charge on any atom is 0.416 e. The van der Waals surface area contributed by atoms with Crippen molar-refractivity contribution in [1.82, 2.24) is 13.9 Å². The zero-order valence-electron chi connectivity index (χ0n) is 18.8. The SMILES string of the molecule is COC(=O)[C@@H]1Cc2ncn(Cc3ccc(OC)cc3)c2CN1S(=O)(=O)c1cccc(C(F)(F)F)c1. The Morgan fingerprint density at radius 3 is 2.49 bits per heavy atom. The minimum Gasteiger partial charge on any atom is -0.497 e. The summed E-state index contributed by atoms with van der Waals surface area (Å²) in [6.45, 7) is 0.108. The molecule has 2 heterocycles. The molecule has 0 spiro atoms. The summed E-state index contributed by atoms with van der Waals surface area (Å²) in [5, 5.41) is 0. The molecule has 1 aliphatic heterocycles. The fourth-order valence-corrected chi connectivity index (χ4v) is 5.55. The predicted molar refractivity (Wildman–Crippen MR) is 118 cm³/mol. The number of sulfonamides is 1. The molecule has 8 nitrogen and oxygen atoms in total. The summed E-state index contributed by atoms with van der Waals surface area (Å²) >= 11 is 0. The molecule has 1 aromatic heterocycles. The number of carbonyl (C=O) groups is 1. The summed E-state index contributed by atoms with van der Waals surface area (Å²) in [4.78, 5) is 16.3. The van der Waals surface area contributed by atoms with Crippen molar-refractivity contribution in [2.24, 2.45) is 0 Å². The van der Waals surface area contributed by atoms with Gasteiger partial charge in [0, 0.05) is 13.0 Å². The molecule has 0 saturated carbocycles. The number of esters is 1. The maximum atomic E-state index is 13.5. The van der Waals surface area contributed by atoms with E-state index in [9.17, 15) is 26.4 Å². The van der Waals surface area contributed by atoms with Crippen molar-refractivity contribution >= 4 is 16.0 Å². The second-order valence-corrected chi connectivity index (χ2v) is 9.82. The lowest BCUT2D eigenvalue weighted by atomic mass is 10.1. The van der Waals surface area contributed by atoms with Crippen LogP contribution >= 0.6 is 0 Å². The van der Waals surface area contributed by atoms with Crippen molar-refractivity contribution in [2.75, 3.05) is 14.2 Å². The number of methoxy groups -OCH3 is 2. The third kappa shape index (κ3) is 4.89. The number of hydrogen-bond acceptors (Lipinski definition) is 6. The highest BCUT2D eigenvalue weighted by Gasteiger charge is 2.43. The molecule has 0 aliphatic carbocycles. The smallest absolute Gasteiger partial charge is 0.416 e. The van der Waals surface area contributed by atoms with Crippen LogP contribution in [0.5, 0.6) is 5.75 Å². The molecule has 1 aliphatic rings. The Kier molecular flexibility index (Phi) is 6.60. The number of imidazole rings is 1. The summed E-state index contributed by atoms with van der Waals surface area (Å²) < 4.78 is 79.2. The number of fused-ring (bicyclic) bond motifs is 1.